The van der Waals surface area contributed by atoms with E-state index >= 15 is 0 Å². The third kappa shape index (κ3) is 2.74. The van der Waals surface area contributed by atoms with Crippen LogP contribution in [-0.4, -0.2) is 32.5 Å². The zero-order chi connectivity index (χ0) is 19.1. The van der Waals surface area contributed by atoms with Crippen LogP contribution in [-0.2, 0) is 16.8 Å². The molecule has 1 fully saturated rings. The van der Waals surface area contributed by atoms with Crippen LogP contribution >= 0.6 is 0 Å². The maximum atomic E-state index is 12.9. The lowest BCUT2D eigenvalue weighted by atomic mass is 9.87. The minimum atomic E-state index is -0.0974. The van der Waals surface area contributed by atoms with Crippen molar-refractivity contribution in [2.45, 2.75) is 31.7 Å². The number of benzene rings is 1. The molecule has 5 rings (SSSR count). The summed E-state index contributed by atoms with van der Waals surface area (Å²) in [6, 6.07) is 11.9. The first-order chi connectivity index (χ1) is 13.7. The van der Waals surface area contributed by atoms with E-state index in [1.807, 2.05) is 37.3 Å². The van der Waals surface area contributed by atoms with Crippen molar-refractivity contribution in [3.63, 3.8) is 0 Å². The molecule has 0 saturated heterocycles. The third-order valence-electron chi connectivity index (χ3n) is 5.93. The van der Waals surface area contributed by atoms with Gasteiger partial charge in [0.25, 0.3) is 0 Å². The molecule has 28 heavy (non-hydrogen) atoms. The number of ether oxygens (including phenoxy) is 1. The first-order valence-corrected chi connectivity index (χ1v) is 9.49. The van der Waals surface area contributed by atoms with E-state index < -0.39 is 0 Å². The smallest absolute Gasteiger partial charge is 0.229 e. The third-order valence-corrected chi connectivity index (χ3v) is 5.93. The highest BCUT2D eigenvalue weighted by molar-refractivity contribution is 5.96. The number of aromatic nitrogens is 4. The molecule has 1 amide bonds. The van der Waals surface area contributed by atoms with E-state index in [-0.39, 0.29) is 17.2 Å². The van der Waals surface area contributed by atoms with E-state index in [2.05, 4.69) is 26.7 Å². The molecule has 1 aliphatic heterocycles. The zero-order valence-electron chi connectivity index (χ0n) is 15.6. The number of fused-ring (bicyclic) bond motifs is 2. The molecule has 2 atom stereocenters. The van der Waals surface area contributed by atoms with Gasteiger partial charge in [-0.15, -0.1) is 5.10 Å². The highest BCUT2D eigenvalue weighted by Gasteiger charge is 2.61. The fourth-order valence-electron chi connectivity index (χ4n) is 4.20. The summed E-state index contributed by atoms with van der Waals surface area (Å²) in [4.78, 5) is 17.0. The summed E-state index contributed by atoms with van der Waals surface area (Å²) in [5, 5.41) is 11.4. The molecule has 0 radical (unpaired) electrons. The Hall–Kier alpha value is -3.22. The first kappa shape index (κ1) is 16.9. The molecule has 1 spiro atoms. The van der Waals surface area contributed by atoms with E-state index in [0.29, 0.717) is 19.0 Å². The van der Waals surface area contributed by atoms with Crippen molar-refractivity contribution in [1.82, 2.24) is 20.0 Å². The van der Waals surface area contributed by atoms with E-state index in [1.165, 1.54) is 0 Å². The normalized spacial score (nSPS) is 22.4. The van der Waals surface area contributed by atoms with Gasteiger partial charge in [-0.1, -0.05) is 23.4 Å². The SMILES string of the molecule is Cc1c(NC(=O)[C@@H]2C[C@]23CCOc2ccccc23)nnn1Cc1ccncc1. The Bertz CT molecular complexity index is 1030. The van der Waals surface area contributed by atoms with Crippen molar-refractivity contribution in [3.05, 3.63) is 65.6 Å². The molecule has 0 bridgehead atoms. The van der Waals surface area contributed by atoms with Crippen LogP contribution in [0.2, 0.25) is 0 Å². The molecule has 3 aromatic rings. The molecule has 7 nitrogen and oxygen atoms in total. The minimum Gasteiger partial charge on any atom is -0.493 e. The molecule has 0 unspecified atom stereocenters. The van der Waals surface area contributed by atoms with E-state index in [1.54, 1.807) is 17.1 Å². The second kappa shape index (κ2) is 6.44. The summed E-state index contributed by atoms with van der Waals surface area (Å²) in [5.41, 5.74) is 2.98. The van der Waals surface area contributed by atoms with Crippen LogP contribution in [0, 0.1) is 12.8 Å². The number of anilines is 1. The molecule has 1 saturated carbocycles. The standard InChI is InChI=1S/C21H21N5O2/c1-14-19(24-25-26(14)13-15-6-9-22-10-7-15)23-20(27)17-12-21(17)8-11-28-18-5-3-2-4-16(18)21/h2-7,9-10,17H,8,11-13H2,1H3,(H,23,27)/t17-,21-/m0/s1. The maximum Gasteiger partial charge on any atom is 0.229 e. The van der Waals surface area contributed by atoms with Crippen molar-refractivity contribution in [1.29, 1.82) is 0 Å². The number of hydrogen-bond donors (Lipinski definition) is 1. The maximum absolute atomic E-state index is 12.9. The lowest BCUT2D eigenvalue weighted by Crippen LogP contribution is -2.26. The summed E-state index contributed by atoms with van der Waals surface area (Å²) in [5.74, 6) is 1.39. The first-order valence-electron chi connectivity index (χ1n) is 9.49. The van der Waals surface area contributed by atoms with Crippen molar-refractivity contribution < 1.29 is 9.53 Å². The van der Waals surface area contributed by atoms with Crippen molar-refractivity contribution in [2.75, 3.05) is 11.9 Å². The lowest BCUT2D eigenvalue weighted by molar-refractivity contribution is -0.117. The Morgan fingerprint density at radius 3 is 2.96 bits per heavy atom. The molecule has 7 heteroatoms. The summed E-state index contributed by atoms with van der Waals surface area (Å²) in [6.45, 7) is 3.17. The summed E-state index contributed by atoms with van der Waals surface area (Å²) in [6.07, 6.45) is 5.23. The van der Waals surface area contributed by atoms with E-state index in [9.17, 15) is 4.79 Å². The van der Waals surface area contributed by atoms with Crippen LogP contribution in [0.5, 0.6) is 5.75 Å². The van der Waals surface area contributed by atoms with Crippen molar-refractivity contribution in [2.24, 2.45) is 5.92 Å². The fourth-order valence-corrected chi connectivity index (χ4v) is 4.20. The van der Waals surface area contributed by atoms with Gasteiger partial charge >= 0.3 is 0 Å². The molecule has 1 aromatic carbocycles. The molecular formula is C21H21N5O2. The van der Waals surface area contributed by atoms with Gasteiger partial charge in [0, 0.05) is 29.3 Å². The number of carbonyl (C=O) groups excluding carboxylic acids is 1. The number of rotatable bonds is 4. The Balaban J connectivity index is 1.32. The highest BCUT2D eigenvalue weighted by atomic mass is 16.5. The average Bonchev–Trinajstić information content (AvgIpc) is 3.35. The van der Waals surface area contributed by atoms with Gasteiger partial charge in [0.15, 0.2) is 5.82 Å². The molecular weight excluding hydrogens is 354 g/mol. The topological polar surface area (TPSA) is 81.9 Å². The predicted molar refractivity (Wildman–Crippen MR) is 103 cm³/mol. The number of carbonyl (C=O) groups is 1. The number of amides is 1. The van der Waals surface area contributed by atoms with Gasteiger partial charge in [-0.25, -0.2) is 4.68 Å². The van der Waals surface area contributed by atoms with Crippen molar-refractivity contribution >= 4 is 11.7 Å². The summed E-state index contributed by atoms with van der Waals surface area (Å²) in [7, 11) is 0. The van der Waals surface area contributed by atoms with Crippen LogP contribution in [0.15, 0.2) is 48.8 Å². The minimum absolute atomic E-state index is 0.00997. The molecule has 1 aliphatic carbocycles. The van der Waals surface area contributed by atoms with E-state index in [4.69, 9.17) is 4.74 Å². The van der Waals surface area contributed by atoms with Crippen LogP contribution in [0.25, 0.3) is 0 Å². The zero-order valence-corrected chi connectivity index (χ0v) is 15.6. The van der Waals surface area contributed by atoms with E-state index in [0.717, 1.165) is 35.4 Å². The van der Waals surface area contributed by atoms with Crippen molar-refractivity contribution in [3.8, 4) is 5.75 Å². The number of nitrogens with one attached hydrogen (secondary N) is 1. The Morgan fingerprint density at radius 2 is 2.11 bits per heavy atom. The highest BCUT2D eigenvalue weighted by Crippen LogP contribution is 2.60. The molecule has 1 N–H and O–H groups in total. The molecule has 2 aromatic heterocycles. The van der Waals surface area contributed by atoms with Crippen LogP contribution < -0.4 is 10.1 Å². The monoisotopic (exact) mass is 375 g/mol. The number of hydrogen-bond acceptors (Lipinski definition) is 5. The van der Waals surface area contributed by atoms with Crippen LogP contribution in [0.1, 0.15) is 29.7 Å². The van der Waals surface area contributed by atoms with Gasteiger partial charge < -0.3 is 10.1 Å². The number of para-hydroxylation sites is 1. The quantitative estimate of drug-likeness (QED) is 0.758. The van der Waals surface area contributed by atoms with Crippen LogP contribution in [0.4, 0.5) is 5.82 Å². The summed E-state index contributed by atoms with van der Waals surface area (Å²) >= 11 is 0. The lowest BCUT2D eigenvalue weighted by Gasteiger charge is -2.26. The Kier molecular flexibility index (Phi) is 3.89. The molecule has 3 heterocycles. The van der Waals surface area contributed by atoms with Gasteiger partial charge in [-0.3, -0.25) is 9.78 Å². The number of pyridine rings is 1. The van der Waals surface area contributed by atoms with Gasteiger partial charge in [0.1, 0.15) is 5.75 Å². The number of nitrogens with zero attached hydrogens (tertiary/aromatic N) is 4. The van der Waals surface area contributed by atoms with Gasteiger partial charge in [-0.05, 0) is 43.5 Å². The predicted octanol–water partition coefficient (Wildman–Crippen LogP) is 2.71. The molecule has 142 valence electrons. The van der Waals surface area contributed by atoms with Crippen LogP contribution in [0.3, 0.4) is 0 Å². The second-order valence-electron chi connectivity index (χ2n) is 7.53. The Morgan fingerprint density at radius 1 is 1.29 bits per heavy atom. The Labute approximate surface area is 162 Å². The molecule has 2 aliphatic rings. The van der Waals surface area contributed by atoms with Gasteiger partial charge in [0.2, 0.25) is 5.91 Å². The summed E-state index contributed by atoms with van der Waals surface area (Å²) < 4.78 is 7.55. The average molecular weight is 375 g/mol. The largest absolute Gasteiger partial charge is 0.493 e. The van der Waals surface area contributed by atoms with Gasteiger partial charge in [-0.2, -0.15) is 0 Å². The fraction of sp³-hybridized carbons (Fsp3) is 0.333. The second-order valence-corrected chi connectivity index (χ2v) is 7.53. The van der Waals surface area contributed by atoms with Gasteiger partial charge in [0.05, 0.1) is 18.8 Å².